The second-order valence-corrected chi connectivity index (χ2v) is 9.83. The second-order valence-electron chi connectivity index (χ2n) is 6.54. The Bertz CT molecular complexity index is 537. The van der Waals surface area contributed by atoms with Gasteiger partial charge in [-0.15, -0.1) is 0 Å². The molecular weight excluding hydrogens is 369 g/mol. The van der Waals surface area contributed by atoms with Gasteiger partial charge in [0.15, 0.2) is 0 Å². The Hall–Kier alpha value is -0.480. The van der Waals surface area contributed by atoms with Crippen LogP contribution in [0.1, 0.15) is 46.0 Å². The van der Waals surface area contributed by atoms with Crippen LogP contribution in [0.5, 0.6) is 0 Å². The molecule has 0 saturated heterocycles. The first-order chi connectivity index (χ1) is 10.9. The van der Waals surface area contributed by atoms with Gasteiger partial charge in [-0.05, 0) is 26.7 Å². The van der Waals surface area contributed by atoms with Crippen molar-refractivity contribution in [1.82, 2.24) is 0 Å². The number of hydrogen-bond acceptors (Lipinski definition) is 6. The van der Waals surface area contributed by atoms with Crippen LogP contribution in [0.15, 0.2) is 0 Å². The van der Waals surface area contributed by atoms with Crippen LogP contribution in [-0.4, -0.2) is 44.1 Å². The van der Waals surface area contributed by atoms with Gasteiger partial charge in [-0.25, -0.2) is 0 Å². The van der Waals surface area contributed by atoms with Crippen LogP contribution in [-0.2, 0) is 23.8 Å². The summed E-state index contributed by atoms with van der Waals surface area (Å²) < 4.78 is 67.0. The summed E-state index contributed by atoms with van der Waals surface area (Å²) >= 11 is 1.22. The van der Waals surface area contributed by atoms with Gasteiger partial charge in [-0.1, -0.05) is 19.3 Å². The van der Waals surface area contributed by atoms with Crippen LogP contribution in [0.2, 0.25) is 0 Å². The van der Waals surface area contributed by atoms with Crippen LogP contribution in [0.4, 0.5) is 13.2 Å². The molecule has 0 atom stereocenters. The minimum atomic E-state index is -5.62. The number of alkyl halides is 3. The Labute approximate surface area is 144 Å². The van der Waals surface area contributed by atoms with Gasteiger partial charge in [0.25, 0.3) is 0 Å². The first-order valence-electron chi connectivity index (χ1n) is 7.53. The van der Waals surface area contributed by atoms with Gasteiger partial charge in [-0.2, -0.15) is 33.4 Å². The molecule has 142 valence electrons. The SMILES string of the molecule is COC(=O)C1(CSC(C)(C)COS(=O)(=O)C(F)(F)F)CCCCC1. The van der Waals surface area contributed by atoms with Gasteiger partial charge in [-0.3, -0.25) is 8.98 Å². The average molecular weight is 392 g/mol. The molecule has 0 aromatic rings. The number of carbonyl (C=O) groups excluding carboxylic acids is 1. The summed E-state index contributed by atoms with van der Waals surface area (Å²) in [4.78, 5) is 12.1. The molecule has 0 N–H and O–H groups in total. The molecule has 10 heteroatoms. The lowest BCUT2D eigenvalue weighted by Gasteiger charge is -2.36. The monoisotopic (exact) mass is 392 g/mol. The molecule has 1 rings (SSSR count). The van der Waals surface area contributed by atoms with Crippen LogP contribution in [0.3, 0.4) is 0 Å². The number of halogens is 3. The Balaban J connectivity index is 2.70. The molecule has 0 aromatic heterocycles. The molecule has 24 heavy (non-hydrogen) atoms. The highest BCUT2D eigenvalue weighted by Crippen LogP contribution is 2.43. The molecule has 1 saturated carbocycles. The van der Waals surface area contributed by atoms with Crippen molar-refractivity contribution in [3.05, 3.63) is 0 Å². The van der Waals surface area contributed by atoms with Crippen LogP contribution in [0, 0.1) is 5.41 Å². The molecule has 0 radical (unpaired) electrons. The first-order valence-corrected chi connectivity index (χ1v) is 9.93. The number of ether oxygens (including phenoxy) is 1. The van der Waals surface area contributed by atoms with Gasteiger partial charge in [0, 0.05) is 10.5 Å². The van der Waals surface area contributed by atoms with E-state index in [1.54, 1.807) is 13.8 Å². The van der Waals surface area contributed by atoms with E-state index in [1.807, 2.05) is 0 Å². The van der Waals surface area contributed by atoms with E-state index in [0.29, 0.717) is 18.6 Å². The minimum Gasteiger partial charge on any atom is -0.469 e. The van der Waals surface area contributed by atoms with Gasteiger partial charge < -0.3 is 4.74 Å². The molecule has 1 fully saturated rings. The molecule has 0 heterocycles. The summed E-state index contributed by atoms with van der Waals surface area (Å²) in [5.74, 6) is 0.0246. The van der Waals surface area contributed by atoms with E-state index < -0.39 is 32.4 Å². The number of hydrogen-bond donors (Lipinski definition) is 0. The lowest BCUT2D eigenvalue weighted by atomic mass is 9.75. The summed E-state index contributed by atoms with van der Waals surface area (Å²) in [6, 6.07) is 0. The van der Waals surface area contributed by atoms with Gasteiger partial charge in [0.05, 0.1) is 19.1 Å². The molecule has 0 aromatic carbocycles. The molecule has 0 spiro atoms. The van der Waals surface area contributed by atoms with Crippen molar-refractivity contribution in [2.24, 2.45) is 5.41 Å². The predicted octanol–water partition coefficient (Wildman–Crippen LogP) is 3.49. The molecule has 0 aliphatic heterocycles. The Morgan fingerprint density at radius 3 is 2.17 bits per heavy atom. The van der Waals surface area contributed by atoms with Gasteiger partial charge in [0.1, 0.15) is 0 Å². The Morgan fingerprint density at radius 2 is 1.71 bits per heavy atom. The molecule has 1 aliphatic rings. The smallest absolute Gasteiger partial charge is 0.469 e. The maximum Gasteiger partial charge on any atom is 0.523 e. The fourth-order valence-electron chi connectivity index (χ4n) is 2.51. The van der Waals surface area contributed by atoms with Crippen molar-refractivity contribution in [3.63, 3.8) is 0 Å². The summed E-state index contributed by atoms with van der Waals surface area (Å²) in [5, 5.41) is 0. The third-order valence-electron chi connectivity index (χ3n) is 4.01. The highest BCUT2D eigenvalue weighted by atomic mass is 32.2. The van der Waals surface area contributed by atoms with Crippen LogP contribution >= 0.6 is 11.8 Å². The Kier molecular flexibility index (Phi) is 7.03. The summed E-state index contributed by atoms with van der Waals surface area (Å²) in [5.41, 5.74) is -6.11. The van der Waals surface area contributed by atoms with E-state index in [4.69, 9.17) is 4.74 Å². The van der Waals surface area contributed by atoms with E-state index in [2.05, 4.69) is 4.18 Å². The number of methoxy groups -OCH3 is 1. The van der Waals surface area contributed by atoms with E-state index >= 15 is 0 Å². The van der Waals surface area contributed by atoms with Crippen molar-refractivity contribution in [1.29, 1.82) is 0 Å². The Morgan fingerprint density at radius 1 is 1.17 bits per heavy atom. The quantitative estimate of drug-likeness (QED) is 0.375. The predicted molar refractivity (Wildman–Crippen MR) is 85.0 cm³/mol. The van der Waals surface area contributed by atoms with E-state index in [9.17, 15) is 26.4 Å². The summed E-state index contributed by atoms with van der Waals surface area (Å²) in [7, 11) is -4.30. The average Bonchev–Trinajstić information content (AvgIpc) is 2.50. The molecule has 0 unspecified atom stereocenters. The van der Waals surface area contributed by atoms with Gasteiger partial charge >= 0.3 is 21.6 Å². The first kappa shape index (κ1) is 21.6. The number of rotatable bonds is 7. The molecule has 5 nitrogen and oxygen atoms in total. The number of thioether (sulfide) groups is 1. The third-order valence-corrected chi connectivity index (χ3v) is 6.60. The van der Waals surface area contributed by atoms with Crippen molar-refractivity contribution in [3.8, 4) is 0 Å². The lowest BCUT2D eigenvalue weighted by Crippen LogP contribution is -2.39. The van der Waals surface area contributed by atoms with Gasteiger partial charge in [0.2, 0.25) is 0 Å². The topological polar surface area (TPSA) is 69.7 Å². The molecule has 0 amide bonds. The molecule has 1 aliphatic carbocycles. The minimum absolute atomic E-state index is 0.325. The van der Waals surface area contributed by atoms with E-state index in [1.165, 1.54) is 18.9 Å². The lowest BCUT2D eigenvalue weighted by molar-refractivity contribution is -0.153. The third kappa shape index (κ3) is 5.52. The van der Waals surface area contributed by atoms with Crippen molar-refractivity contribution in [2.75, 3.05) is 19.5 Å². The molecule has 0 bridgehead atoms. The standard InChI is InChI=1S/C14H23F3O5S2/c1-12(2,9-22-24(19,20)14(15,16)17)23-10-13(11(18)21-3)7-5-4-6-8-13/h4-10H2,1-3H3. The zero-order chi connectivity index (χ0) is 18.6. The van der Waals surface area contributed by atoms with Crippen molar-refractivity contribution < 1.29 is 35.3 Å². The fourth-order valence-corrected chi connectivity index (χ4v) is 4.39. The van der Waals surface area contributed by atoms with Crippen LogP contribution < -0.4 is 0 Å². The number of esters is 1. The number of carbonyl (C=O) groups is 1. The van der Waals surface area contributed by atoms with E-state index in [0.717, 1.165) is 19.3 Å². The highest BCUT2D eigenvalue weighted by Gasteiger charge is 2.48. The normalized spacial score (nSPS) is 19.1. The fraction of sp³-hybridized carbons (Fsp3) is 0.929. The second kappa shape index (κ2) is 7.82. The van der Waals surface area contributed by atoms with Crippen LogP contribution in [0.25, 0.3) is 0 Å². The highest BCUT2D eigenvalue weighted by molar-refractivity contribution is 8.00. The maximum absolute atomic E-state index is 12.3. The maximum atomic E-state index is 12.3. The zero-order valence-corrected chi connectivity index (χ0v) is 15.6. The zero-order valence-electron chi connectivity index (χ0n) is 13.9. The van der Waals surface area contributed by atoms with E-state index in [-0.39, 0.29) is 5.97 Å². The van der Waals surface area contributed by atoms with Crippen molar-refractivity contribution >= 4 is 27.8 Å². The summed E-state index contributed by atoms with van der Waals surface area (Å²) in [6.07, 6.45) is 4.11. The largest absolute Gasteiger partial charge is 0.523 e. The van der Waals surface area contributed by atoms with Crippen molar-refractivity contribution in [2.45, 2.75) is 56.2 Å². The molecular formula is C14H23F3O5S2. The summed E-state index contributed by atoms with van der Waals surface area (Å²) in [6.45, 7) is 2.53.